The molecule has 1 fully saturated rings. The molecule has 1 aliphatic heterocycles. The minimum atomic E-state index is -0.0350. The normalized spacial score (nSPS) is 19.2. The van der Waals surface area contributed by atoms with Gasteiger partial charge in [0.15, 0.2) is 5.78 Å². The van der Waals surface area contributed by atoms with Crippen molar-refractivity contribution < 1.29 is 9.53 Å². The lowest BCUT2D eigenvalue weighted by Crippen LogP contribution is -2.44. The van der Waals surface area contributed by atoms with Gasteiger partial charge >= 0.3 is 0 Å². The fourth-order valence-corrected chi connectivity index (χ4v) is 3.28. The molecule has 0 aliphatic carbocycles. The van der Waals surface area contributed by atoms with Gasteiger partial charge in [-0.25, -0.2) is 0 Å². The van der Waals surface area contributed by atoms with E-state index in [1.54, 1.807) is 13.3 Å². The fourth-order valence-electron chi connectivity index (χ4n) is 2.31. The van der Waals surface area contributed by atoms with Crippen molar-refractivity contribution >= 4 is 17.5 Å². The summed E-state index contributed by atoms with van der Waals surface area (Å²) in [4.78, 5) is 16.6. The molecule has 1 unspecified atom stereocenters. The number of pyridine rings is 1. The van der Waals surface area contributed by atoms with Crippen LogP contribution >= 0.6 is 11.8 Å². The molecule has 0 amide bonds. The van der Waals surface area contributed by atoms with Crippen LogP contribution in [0.4, 0.5) is 0 Å². The molecule has 4 nitrogen and oxygen atoms in total. The van der Waals surface area contributed by atoms with Crippen LogP contribution in [0.5, 0.6) is 5.75 Å². The molecule has 0 spiro atoms. The Morgan fingerprint density at radius 1 is 1.58 bits per heavy atom. The maximum Gasteiger partial charge on any atom is 0.156 e. The molecule has 1 aromatic rings. The van der Waals surface area contributed by atoms with Gasteiger partial charge in [-0.1, -0.05) is 0 Å². The number of rotatable bonds is 4. The molecule has 0 aromatic carbocycles. The van der Waals surface area contributed by atoms with E-state index < -0.39 is 0 Å². The number of nitrogens with one attached hydrogen (secondary N) is 1. The van der Waals surface area contributed by atoms with Crippen molar-refractivity contribution in [3.63, 3.8) is 0 Å². The first-order valence-corrected chi connectivity index (χ1v) is 7.62. The van der Waals surface area contributed by atoms with E-state index in [0.29, 0.717) is 6.42 Å². The Bertz CT molecular complexity index is 471. The molecule has 1 atom stereocenters. The van der Waals surface area contributed by atoms with Crippen LogP contribution in [0.3, 0.4) is 0 Å². The van der Waals surface area contributed by atoms with Crippen LogP contribution in [0.25, 0.3) is 0 Å². The highest BCUT2D eigenvalue weighted by molar-refractivity contribution is 7.99. The van der Waals surface area contributed by atoms with Crippen molar-refractivity contribution in [2.75, 3.05) is 25.2 Å². The van der Waals surface area contributed by atoms with Crippen LogP contribution in [0, 0.1) is 13.8 Å². The van der Waals surface area contributed by atoms with E-state index in [-0.39, 0.29) is 11.8 Å². The predicted octanol–water partition coefficient (Wildman–Crippen LogP) is 1.52. The summed E-state index contributed by atoms with van der Waals surface area (Å²) >= 11 is 1.83. The van der Waals surface area contributed by atoms with Crippen LogP contribution in [-0.2, 0) is 11.2 Å². The van der Waals surface area contributed by atoms with Crippen LogP contribution in [-0.4, -0.2) is 42.0 Å². The molecule has 1 aliphatic rings. The summed E-state index contributed by atoms with van der Waals surface area (Å²) in [5.41, 5.74) is 2.80. The highest BCUT2D eigenvalue weighted by atomic mass is 32.2. The highest BCUT2D eigenvalue weighted by Gasteiger charge is 2.22. The summed E-state index contributed by atoms with van der Waals surface area (Å²) in [7, 11) is 1.65. The van der Waals surface area contributed by atoms with E-state index in [2.05, 4.69) is 10.3 Å². The van der Waals surface area contributed by atoms with Gasteiger partial charge in [0.1, 0.15) is 5.75 Å². The lowest BCUT2D eigenvalue weighted by Gasteiger charge is -2.22. The molecular weight excluding hydrogens is 260 g/mol. The zero-order valence-corrected chi connectivity index (χ0v) is 12.5. The minimum absolute atomic E-state index is 0.0350. The molecule has 2 heterocycles. The Kier molecular flexibility index (Phi) is 4.82. The Hall–Kier alpha value is -1.07. The number of nitrogens with zero attached hydrogens (tertiary/aromatic N) is 1. The molecule has 1 N–H and O–H groups in total. The number of methoxy groups -OCH3 is 1. The Balaban J connectivity index is 2.12. The second-order valence-corrected chi connectivity index (χ2v) is 5.92. The van der Waals surface area contributed by atoms with E-state index in [1.165, 1.54) is 0 Å². The minimum Gasteiger partial charge on any atom is -0.496 e. The molecule has 19 heavy (non-hydrogen) atoms. The van der Waals surface area contributed by atoms with Gasteiger partial charge in [0, 0.05) is 35.4 Å². The van der Waals surface area contributed by atoms with Gasteiger partial charge in [0.25, 0.3) is 0 Å². The smallest absolute Gasteiger partial charge is 0.156 e. The van der Waals surface area contributed by atoms with E-state index in [9.17, 15) is 4.79 Å². The molecule has 0 bridgehead atoms. The van der Waals surface area contributed by atoms with Gasteiger partial charge in [0.05, 0.1) is 25.3 Å². The largest absolute Gasteiger partial charge is 0.496 e. The number of aromatic nitrogens is 1. The summed E-state index contributed by atoms with van der Waals surface area (Å²) in [6, 6.07) is -0.0350. The summed E-state index contributed by atoms with van der Waals surface area (Å²) in [6.45, 7) is 4.83. The Morgan fingerprint density at radius 2 is 2.37 bits per heavy atom. The number of carbonyl (C=O) groups is 1. The number of aryl methyl sites for hydroxylation is 1. The number of ketones is 1. The SMILES string of the molecule is COc1c(C)cnc(CC(=O)C2CSCCN2)c1C. The van der Waals surface area contributed by atoms with E-state index in [0.717, 1.165) is 40.6 Å². The maximum atomic E-state index is 12.2. The third-order valence-electron chi connectivity index (χ3n) is 3.40. The van der Waals surface area contributed by atoms with Crippen molar-refractivity contribution in [1.29, 1.82) is 0 Å². The van der Waals surface area contributed by atoms with Crippen LogP contribution in [0.15, 0.2) is 6.20 Å². The van der Waals surface area contributed by atoms with Gasteiger partial charge in [-0.2, -0.15) is 11.8 Å². The quantitative estimate of drug-likeness (QED) is 0.906. The number of hydrogen-bond acceptors (Lipinski definition) is 5. The van der Waals surface area contributed by atoms with Gasteiger partial charge in [0.2, 0.25) is 0 Å². The van der Waals surface area contributed by atoms with Gasteiger partial charge < -0.3 is 10.1 Å². The van der Waals surface area contributed by atoms with Crippen molar-refractivity contribution in [1.82, 2.24) is 10.3 Å². The van der Waals surface area contributed by atoms with Crippen molar-refractivity contribution in [3.8, 4) is 5.75 Å². The molecule has 0 saturated carbocycles. The summed E-state index contributed by atoms with van der Waals surface area (Å²) in [5, 5.41) is 3.27. The standard InChI is InChI=1S/C14H20N2O2S/c1-9-7-16-11(10(2)14(9)18-3)6-13(17)12-8-19-5-4-15-12/h7,12,15H,4-6,8H2,1-3H3. The van der Waals surface area contributed by atoms with E-state index in [1.807, 2.05) is 25.6 Å². The molecular formula is C14H20N2O2S. The van der Waals surface area contributed by atoms with E-state index in [4.69, 9.17) is 4.74 Å². The Labute approximate surface area is 118 Å². The average molecular weight is 280 g/mol. The summed E-state index contributed by atoms with van der Waals surface area (Å²) in [6.07, 6.45) is 2.15. The molecule has 2 rings (SSSR count). The zero-order valence-electron chi connectivity index (χ0n) is 11.7. The number of thioether (sulfide) groups is 1. The van der Waals surface area contributed by atoms with Crippen molar-refractivity contribution in [3.05, 3.63) is 23.0 Å². The second kappa shape index (κ2) is 6.39. The van der Waals surface area contributed by atoms with Crippen LogP contribution < -0.4 is 10.1 Å². The number of ether oxygens (including phenoxy) is 1. The lowest BCUT2D eigenvalue weighted by molar-refractivity contribution is -0.120. The first-order chi connectivity index (χ1) is 9.13. The fraction of sp³-hybridized carbons (Fsp3) is 0.571. The molecule has 104 valence electrons. The molecule has 1 aromatic heterocycles. The second-order valence-electron chi connectivity index (χ2n) is 4.77. The lowest BCUT2D eigenvalue weighted by atomic mass is 10.0. The van der Waals surface area contributed by atoms with Crippen LogP contribution in [0.2, 0.25) is 0 Å². The third-order valence-corrected chi connectivity index (χ3v) is 4.46. The third kappa shape index (κ3) is 3.28. The molecule has 5 heteroatoms. The summed E-state index contributed by atoms with van der Waals surface area (Å²) in [5.74, 6) is 3.00. The number of Topliss-reactive ketones (excluding diaryl/α,β-unsaturated/α-hetero) is 1. The number of hydrogen-bond donors (Lipinski definition) is 1. The monoisotopic (exact) mass is 280 g/mol. The van der Waals surface area contributed by atoms with Gasteiger partial charge in [-0.3, -0.25) is 9.78 Å². The first-order valence-electron chi connectivity index (χ1n) is 6.46. The Morgan fingerprint density at radius 3 is 3.00 bits per heavy atom. The van der Waals surface area contributed by atoms with Crippen molar-refractivity contribution in [2.45, 2.75) is 26.3 Å². The van der Waals surface area contributed by atoms with Gasteiger partial charge in [-0.15, -0.1) is 0 Å². The zero-order chi connectivity index (χ0) is 13.8. The molecule has 0 radical (unpaired) electrons. The highest BCUT2D eigenvalue weighted by Crippen LogP contribution is 2.24. The first kappa shape index (κ1) is 14.3. The van der Waals surface area contributed by atoms with Gasteiger partial charge in [-0.05, 0) is 13.8 Å². The van der Waals surface area contributed by atoms with E-state index >= 15 is 0 Å². The van der Waals surface area contributed by atoms with Crippen LogP contribution in [0.1, 0.15) is 16.8 Å². The predicted molar refractivity (Wildman–Crippen MR) is 78.1 cm³/mol. The van der Waals surface area contributed by atoms with Crippen molar-refractivity contribution in [2.24, 2.45) is 0 Å². The summed E-state index contributed by atoms with van der Waals surface area (Å²) < 4.78 is 5.37. The average Bonchev–Trinajstić information content (AvgIpc) is 2.43. The molecule has 1 saturated heterocycles. The maximum absolute atomic E-state index is 12.2. The number of carbonyl (C=O) groups excluding carboxylic acids is 1. The topological polar surface area (TPSA) is 51.2 Å².